The Balaban J connectivity index is 1.82. The molecule has 1 saturated heterocycles. The van der Waals surface area contributed by atoms with Gasteiger partial charge in [-0.05, 0) is 30.9 Å². The van der Waals surface area contributed by atoms with Crippen molar-refractivity contribution in [3.63, 3.8) is 0 Å². The number of piperidine rings is 1. The SMILES string of the molecule is CCCCC1CCN(S(=O)(=O)c2cccc3cccnc23)CC1. The number of hydrogen-bond acceptors (Lipinski definition) is 3. The van der Waals surface area contributed by atoms with E-state index in [1.807, 2.05) is 18.2 Å². The molecule has 1 aromatic carbocycles. The van der Waals surface area contributed by atoms with Crippen molar-refractivity contribution in [1.29, 1.82) is 0 Å². The Morgan fingerprint density at radius 1 is 1.17 bits per heavy atom. The van der Waals surface area contributed by atoms with Crippen molar-refractivity contribution < 1.29 is 8.42 Å². The van der Waals surface area contributed by atoms with Crippen LogP contribution in [0.15, 0.2) is 41.4 Å². The van der Waals surface area contributed by atoms with E-state index in [9.17, 15) is 8.42 Å². The fourth-order valence-corrected chi connectivity index (χ4v) is 4.99. The highest BCUT2D eigenvalue weighted by Crippen LogP contribution is 2.29. The van der Waals surface area contributed by atoms with Gasteiger partial charge in [0.05, 0.1) is 5.52 Å². The molecule has 0 radical (unpaired) electrons. The minimum Gasteiger partial charge on any atom is -0.255 e. The van der Waals surface area contributed by atoms with E-state index >= 15 is 0 Å². The molecule has 0 saturated carbocycles. The largest absolute Gasteiger partial charge is 0.255 e. The first-order valence-corrected chi connectivity index (χ1v) is 9.91. The number of nitrogens with zero attached hydrogens (tertiary/aromatic N) is 2. The summed E-state index contributed by atoms with van der Waals surface area (Å²) in [5.41, 5.74) is 0.572. The van der Waals surface area contributed by atoms with Crippen molar-refractivity contribution in [3.8, 4) is 0 Å². The van der Waals surface area contributed by atoms with Crippen LogP contribution in [-0.2, 0) is 10.0 Å². The number of para-hydroxylation sites is 1. The predicted octanol–water partition coefficient (Wildman–Crippen LogP) is 3.83. The second-order valence-electron chi connectivity index (χ2n) is 6.32. The zero-order valence-electron chi connectivity index (χ0n) is 13.6. The molecule has 0 atom stereocenters. The van der Waals surface area contributed by atoms with Crippen LogP contribution in [0.1, 0.15) is 39.0 Å². The van der Waals surface area contributed by atoms with Crippen LogP contribution in [0.3, 0.4) is 0 Å². The highest BCUT2D eigenvalue weighted by molar-refractivity contribution is 7.89. The maximum Gasteiger partial charge on any atom is 0.245 e. The van der Waals surface area contributed by atoms with E-state index in [1.54, 1.807) is 22.6 Å². The van der Waals surface area contributed by atoms with Crippen LogP contribution in [0.5, 0.6) is 0 Å². The number of fused-ring (bicyclic) bond motifs is 1. The van der Waals surface area contributed by atoms with Crippen molar-refractivity contribution in [3.05, 3.63) is 36.5 Å². The zero-order valence-corrected chi connectivity index (χ0v) is 14.4. The summed E-state index contributed by atoms with van der Waals surface area (Å²) in [6.45, 7) is 3.45. The third-order valence-electron chi connectivity index (χ3n) is 4.75. The summed E-state index contributed by atoms with van der Waals surface area (Å²) in [6, 6.07) is 9.10. The average molecular weight is 332 g/mol. The Bertz CT molecular complexity index is 760. The Morgan fingerprint density at radius 3 is 2.65 bits per heavy atom. The molecule has 4 nitrogen and oxygen atoms in total. The van der Waals surface area contributed by atoms with Gasteiger partial charge < -0.3 is 0 Å². The average Bonchev–Trinajstić information content (AvgIpc) is 2.59. The molecule has 5 heteroatoms. The monoisotopic (exact) mass is 332 g/mol. The van der Waals surface area contributed by atoms with Gasteiger partial charge in [-0.2, -0.15) is 4.31 Å². The molecule has 1 fully saturated rings. The lowest BCUT2D eigenvalue weighted by molar-refractivity contribution is 0.260. The van der Waals surface area contributed by atoms with Crippen LogP contribution in [-0.4, -0.2) is 30.8 Å². The molecule has 0 amide bonds. The molecule has 0 N–H and O–H groups in total. The highest BCUT2D eigenvalue weighted by atomic mass is 32.2. The van der Waals surface area contributed by atoms with Crippen LogP contribution in [0.2, 0.25) is 0 Å². The number of hydrogen-bond donors (Lipinski definition) is 0. The summed E-state index contributed by atoms with van der Waals surface area (Å²) in [5, 5.41) is 0.867. The van der Waals surface area contributed by atoms with Crippen molar-refractivity contribution in [1.82, 2.24) is 9.29 Å². The third-order valence-corrected chi connectivity index (χ3v) is 6.68. The van der Waals surface area contributed by atoms with Gasteiger partial charge in [-0.1, -0.05) is 44.4 Å². The van der Waals surface area contributed by atoms with E-state index in [1.165, 1.54) is 19.3 Å². The fourth-order valence-electron chi connectivity index (χ4n) is 3.35. The molecule has 1 aromatic heterocycles. The smallest absolute Gasteiger partial charge is 0.245 e. The number of benzene rings is 1. The predicted molar refractivity (Wildman–Crippen MR) is 92.8 cm³/mol. The Morgan fingerprint density at radius 2 is 1.91 bits per heavy atom. The van der Waals surface area contributed by atoms with E-state index in [2.05, 4.69) is 11.9 Å². The van der Waals surface area contributed by atoms with Crippen LogP contribution < -0.4 is 0 Å². The molecule has 1 aliphatic rings. The summed E-state index contributed by atoms with van der Waals surface area (Å²) >= 11 is 0. The molecule has 0 spiro atoms. The number of unbranched alkanes of at least 4 members (excludes halogenated alkanes) is 1. The normalized spacial score (nSPS) is 17.6. The van der Waals surface area contributed by atoms with E-state index in [4.69, 9.17) is 0 Å². The Labute approximate surface area is 138 Å². The van der Waals surface area contributed by atoms with Crippen molar-refractivity contribution in [2.75, 3.05) is 13.1 Å². The first kappa shape index (κ1) is 16.4. The summed E-state index contributed by atoms with van der Waals surface area (Å²) in [5.74, 6) is 0.673. The molecule has 0 bridgehead atoms. The van der Waals surface area contributed by atoms with Gasteiger partial charge in [0, 0.05) is 24.7 Å². The van der Waals surface area contributed by atoms with Crippen LogP contribution in [0.25, 0.3) is 10.9 Å². The summed E-state index contributed by atoms with van der Waals surface area (Å²) in [4.78, 5) is 4.63. The minimum atomic E-state index is -3.46. The zero-order chi connectivity index (χ0) is 16.3. The van der Waals surface area contributed by atoms with E-state index in [-0.39, 0.29) is 0 Å². The molecular formula is C18H24N2O2S. The first-order chi connectivity index (χ1) is 11.1. The number of pyridine rings is 1. The summed E-state index contributed by atoms with van der Waals surface area (Å²) in [6.07, 6.45) is 7.26. The Hall–Kier alpha value is -1.46. The quantitative estimate of drug-likeness (QED) is 0.836. The molecule has 2 aromatic rings. The Kier molecular flexibility index (Phi) is 4.97. The maximum atomic E-state index is 13.0. The van der Waals surface area contributed by atoms with E-state index in [0.717, 1.165) is 18.2 Å². The lowest BCUT2D eigenvalue weighted by atomic mass is 9.93. The van der Waals surface area contributed by atoms with Crippen molar-refractivity contribution in [2.45, 2.75) is 43.9 Å². The highest BCUT2D eigenvalue weighted by Gasteiger charge is 2.30. The van der Waals surface area contributed by atoms with Gasteiger partial charge in [-0.15, -0.1) is 0 Å². The fraction of sp³-hybridized carbons (Fsp3) is 0.500. The molecule has 0 aliphatic carbocycles. The number of aromatic nitrogens is 1. The number of rotatable bonds is 5. The molecule has 0 unspecified atom stereocenters. The van der Waals surface area contributed by atoms with Crippen LogP contribution >= 0.6 is 0 Å². The first-order valence-electron chi connectivity index (χ1n) is 8.47. The molecule has 2 heterocycles. The third kappa shape index (κ3) is 3.40. The van der Waals surface area contributed by atoms with Gasteiger partial charge in [0.15, 0.2) is 0 Å². The molecule has 3 rings (SSSR count). The molecule has 1 aliphatic heterocycles. The van der Waals surface area contributed by atoms with E-state index in [0.29, 0.717) is 29.4 Å². The second-order valence-corrected chi connectivity index (χ2v) is 8.23. The van der Waals surface area contributed by atoms with Gasteiger partial charge in [-0.25, -0.2) is 8.42 Å². The van der Waals surface area contributed by atoms with Gasteiger partial charge >= 0.3 is 0 Å². The topological polar surface area (TPSA) is 50.3 Å². The standard InChI is InChI=1S/C18H24N2O2S/c1-2-3-6-15-10-13-20(14-11-15)23(21,22)17-9-4-7-16-8-5-12-19-18(16)17/h4-5,7-9,12,15H,2-3,6,10-11,13-14H2,1H3. The maximum absolute atomic E-state index is 13.0. The summed E-state index contributed by atoms with van der Waals surface area (Å²) in [7, 11) is -3.46. The van der Waals surface area contributed by atoms with Gasteiger partial charge in [-0.3, -0.25) is 4.98 Å². The van der Waals surface area contributed by atoms with Crippen LogP contribution in [0, 0.1) is 5.92 Å². The van der Waals surface area contributed by atoms with Gasteiger partial charge in [0.25, 0.3) is 0 Å². The molecule has 23 heavy (non-hydrogen) atoms. The molecule has 124 valence electrons. The minimum absolute atomic E-state index is 0.336. The lowest BCUT2D eigenvalue weighted by Gasteiger charge is -2.31. The molecular weight excluding hydrogens is 308 g/mol. The van der Waals surface area contributed by atoms with Gasteiger partial charge in [0.2, 0.25) is 10.0 Å². The van der Waals surface area contributed by atoms with Crippen molar-refractivity contribution >= 4 is 20.9 Å². The van der Waals surface area contributed by atoms with Gasteiger partial charge in [0.1, 0.15) is 4.90 Å². The van der Waals surface area contributed by atoms with E-state index < -0.39 is 10.0 Å². The second kappa shape index (κ2) is 6.97. The number of sulfonamides is 1. The summed E-state index contributed by atoms with van der Waals surface area (Å²) < 4.78 is 27.7. The van der Waals surface area contributed by atoms with Crippen LogP contribution in [0.4, 0.5) is 0 Å². The van der Waals surface area contributed by atoms with Crippen molar-refractivity contribution in [2.24, 2.45) is 5.92 Å². The lowest BCUT2D eigenvalue weighted by Crippen LogP contribution is -2.38.